The first-order valence-electron chi connectivity index (χ1n) is 10.1. The van der Waals surface area contributed by atoms with E-state index in [-0.39, 0.29) is 11.9 Å². The van der Waals surface area contributed by atoms with Gasteiger partial charge in [0.05, 0.1) is 47.7 Å². The Bertz CT molecular complexity index is 857. The van der Waals surface area contributed by atoms with Crippen LogP contribution in [0.1, 0.15) is 22.0 Å². The van der Waals surface area contributed by atoms with Crippen molar-refractivity contribution in [1.29, 1.82) is 0 Å². The number of carbonyl (C=O) groups excluding carboxylic acids is 1. The van der Waals surface area contributed by atoms with Crippen LogP contribution in [0, 0.1) is 0 Å². The molecule has 0 radical (unpaired) electrons. The quantitative estimate of drug-likeness (QED) is 0.655. The molecule has 1 aliphatic heterocycles. The van der Waals surface area contributed by atoms with Gasteiger partial charge in [-0.05, 0) is 29.8 Å². The molecule has 3 rings (SSSR count). The molecule has 1 N–H and O–H groups in total. The van der Waals surface area contributed by atoms with Gasteiger partial charge in [0.25, 0.3) is 5.91 Å². The number of amides is 1. The van der Waals surface area contributed by atoms with Gasteiger partial charge in [-0.25, -0.2) is 0 Å². The lowest BCUT2D eigenvalue weighted by molar-refractivity contribution is 0.0162. The van der Waals surface area contributed by atoms with E-state index in [1.54, 1.807) is 19.2 Å². The fraction of sp³-hybridized carbons (Fsp3) is 0.435. The number of rotatable bonds is 9. The van der Waals surface area contributed by atoms with Crippen LogP contribution in [-0.2, 0) is 4.74 Å². The zero-order chi connectivity index (χ0) is 22.2. The molecule has 0 aliphatic carbocycles. The summed E-state index contributed by atoms with van der Waals surface area (Å²) in [5.74, 6) is 1.88. The Morgan fingerprint density at radius 2 is 1.68 bits per heavy atom. The van der Waals surface area contributed by atoms with Gasteiger partial charge in [0, 0.05) is 25.2 Å². The predicted octanol–water partition coefficient (Wildman–Crippen LogP) is 2.52. The van der Waals surface area contributed by atoms with E-state index in [1.807, 2.05) is 24.3 Å². The first-order chi connectivity index (χ1) is 15.1. The maximum atomic E-state index is 13.0. The molecule has 31 heavy (non-hydrogen) atoms. The average Bonchev–Trinajstić information content (AvgIpc) is 2.83. The van der Waals surface area contributed by atoms with Crippen LogP contribution < -0.4 is 24.3 Å². The molecule has 8 nitrogen and oxygen atoms in total. The molecule has 1 atom stereocenters. The van der Waals surface area contributed by atoms with Gasteiger partial charge in [0.15, 0.2) is 11.5 Å². The Morgan fingerprint density at radius 1 is 1.00 bits per heavy atom. The van der Waals surface area contributed by atoms with Gasteiger partial charge in [0.2, 0.25) is 5.75 Å². The highest BCUT2D eigenvalue weighted by Crippen LogP contribution is 2.38. The highest BCUT2D eigenvalue weighted by Gasteiger charge is 2.24. The van der Waals surface area contributed by atoms with Crippen LogP contribution in [0.4, 0.5) is 0 Å². The number of morpholine rings is 1. The van der Waals surface area contributed by atoms with E-state index in [9.17, 15) is 4.79 Å². The Hall–Kier alpha value is -2.97. The minimum atomic E-state index is -0.222. The molecule has 2 aromatic carbocycles. The van der Waals surface area contributed by atoms with E-state index in [4.69, 9.17) is 23.7 Å². The summed E-state index contributed by atoms with van der Waals surface area (Å²) in [5.41, 5.74) is 1.51. The average molecular weight is 431 g/mol. The number of hydrogen-bond acceptors (Lipinski definition) is 7. The van der Waals surface area contributed by atoms with E-state index in [1.165, 1.54) is 21.3 Å². The van der Waals surface area contributed by atoms with Gasteiger partial charge in [0.1, 0.15) is 5.75 Å². The van der Waals surface area contributed by atoms with Crippen LogP contribution in [0.25, 0.3) is 0 Å². The third-order valence-corrected chi connectivity index (χ3v) is 5.35. The second kappa shape index (κ2) is 10.9. The Balaban J connectivity index is 1.81. The van der Waals surface area contributed by atoms with Crippen molar-refractivity contribution in [2.24, 2.45) is 0 Å². The minimum absolute atomic E-state index is 0.00927. The number of methoxy groups -OCH3 is 4. The molecule has 1 fully saturated rings. The fourth-order valence-electron chi connectivity index (χ4n) is 3.70. The zero-order valence-corrected chi connectivity index (χ0v) is 18.5. The van der Waals surface area contributed by atoms with Gasteiger partial charge in [-0.2, -0.15) is 0 Å². The molecule has 1 saturated heterocycles. The van der Waals surface area contributed by atoms with Crippen molar-refractivity contribution in [2.45, 2.75) is 6.04 Å². The first-order valence-corrected chi connectivity index (χ1v) is 10.1. The molecule has 1 unspecified atom stereocenters. The van der Waals surface area contributed by atoms with Gasteiger partial charge in [-0.1, -0.05) is 12.1 Å². The third kappa shape index (κ3) is 5.39. The number of hydrogen-bond donors (Lipinski definition) is 1. The van der Waals surface area contributed by atoms with Crippen LogP contribution in [0.15, 0.2) is 36.4 Å². The molecule has 1 heterocycles. The SMILES string of the molecule is COc1cccc(C(CNC(=O)c2cc(OC)c(OC)c(OC)c2)N2CCOCC2)c1. The lowest BCUT2D eigenvalue weighted by atomic mass is 10.0. The molecule has 0 aromatic heterocycles. The van der Waals surface area contributed by atoms with Crippen molar-refractivity contribution in [3.8, 4) is 23.0 Å². The van der Waals surface area contributed by atoms with E-state index in [0.29, 0.717) is 42.6 Å². The summed E-state index contributed by atoms with van der Waals surface area (Å²) in [6.45, 7) is 3.36. The van der Waals surface area contributed by atoms with Gasteiger partial charge in [-0.3, -0.25) is 9.69 Å². The summed E-state index contributed by atoms with van der Waals surface area (Å²) in [7, 11) is 6.22. The molecule has 0 spiro atoms. The number of nitrogens with zero attached hydrogens (tertiary/aromatic N) is 1. The summed E-state index contributed by atoms with van der Waals surface area (Å²) in [6.07, 6.45) is 0. The van der Waals surface area contributed by atoms with Crippen LogP contribution in [0.5, 0.6) is 23.0 Å². The Kier molecular flexibility index (Phi) is 7.97. The van der Waals surface area contributed by atoms with Gasteiger partial charge >= 0.3 is 0 Å². The highest BCUT2D eigenvalue weighted by molar-refractivity contribution is 5.95. The summed E-state index contributed by atoms with van der Waals surface area (Å²) >= 11 is 0. The lowest BCUT2D eigenvalue weighted by Crippen LogP contribution is -2.43. The molecule has 0 bridgehead atoms. The normalized spacial score (nSPS) is 15.1. The summed E-state index contributed by atoms with van der Waals surface area (Å²) in [6, 6.07) is 11.2. The van der Waals surface area contributed by atoms with Crippen molar-refractivity contribution in [3.63, 3.8) is 0 Å². The van der Waals surface area contributed by atoms with Crippen LogP contribution in [0.3, 0.4) is 0 Å². The molecule has 0 saturated carbocycles. The molecular formula is C23H30N2O6. The monoisotopic (exact) mass is 430 g/mol. The Labute approximate surface area is 183 Å². The minimum Gasteiger partial charge on any atom is -0.497 e. The third-order valence-electron chi connectivity index (χ3n) is 5.35. The Morgan fingerprint density at radius 3 is 2.26 bits per heavy atom. The van der Waals surface area contributed by atoms with E-state index < -0.39 is 0 Å². The van der Waals surface area contributed by atoms with E-state index in [0.717, 1.165) is 24.4 Å². The molecular weight excluding hydrogens is 400 g/mol. The fourth-order valence-corrected chi connectivity index (χ4v) is 3.70. The second-order valence-electron chi connectivity index (χ2n) is 7.06. The first kappa shape index (κ1) is 22.7. The maximum Gasteiger partial charge on any atom is 0.251 e. The summed E-state index contributed by atoms with van der Waals surface area (Å²) in [5, 5.41) is 3.06. The standard InChI is InChI=1S/C23H30N2O6/c1-27-18-7-5-6-16(12-18)19(25-8-10-31-11-9-25)15-24-23(26)17-13-20(28-2)22(30-4)21(14-17)29-3/h5-7,12-14,19H,8-11,15H2,1-4H3,(H,24,26). The van der Waals surface area contributed by atoms with Crippen molar-refractivity contribution in [1.82, 2.24) is 10.2 Å². The van der Waals surface area contributed by atoms with Crippen LogP contribution in [0.2, 0.25) is 0 Å². The summed E-state index contributed by atoms with van der Waals surface area (Å²) in [4.78, 5) is 15.3. The van der Waals surface area contributed by atoms with Crippen molar-refractivity contribution in [3.05, 3.63) is 47.5 Å². The molecule has 168 valence electrons. The topological polar surface area (TPSA) is 78.5 Å². The van der Waals surface area contributed by atoms with Gasteiger partial charge < -0.3 is 29.0 Å². The largest absolute Gasteiger partial charge is 0.497 e. The molecule has 1 aliphatic rings. The van der Waals surface area contributed by atoms with Gasteiger partial charge in [-0.15, -0.1) is 0 Å². The number of ether oxygens (including phenoxy) is 5. The number of nitrogens with one attached hydrogen (secondary N) is 1. The van der Waals surface area contributed by atoms with Crippen LogP contribution >= 0.6 is 0 Å². The molecule has 8 heteroatoms. The lowest BCUT2D eigenvalue weighted by Gasteiger charge is -2.35. The van der Waals surface area contributed by atoms with E-state index >= 15 is 0 Å². The number of benzene rings is 2. The highest BCUT2D eigenvalue weighted by atomic mass is 16.5. The van der Waals surface area contributed by atoms with Crippen molar-refractivity contribution >= 4 is 5.91 Å². The smallest absolute Gasteiger partial charge is 0.251 e. The zero-order valence-electron chi connectivity index (χ0n) is 18.5. The predicted molar refractivity (Wildman–Crippen MR) is 117 cm³/mol. The second-order valence-corrected chi connectivity index (χ2v) is 7.06. The van der Waals surface area contributed by atoms with Crippen molar-refractivity contribution < 1.29 is 28.5 Å². The van der Waals surface area contributed by atoms with E-state index in [2.05, 4.69) is 10.2 Å². The molecule has 1 amide bonds. The number of carbonyl (C=O) groups is 1. The van der Waals surface area contributed by atoms with Crippen molar-refractivity contribution in [2.75, 3.05) is 61.3 Å². The summed E-state index contributed by atoms with van der Waals surface area (Å²) < 4.78 is 27.0. The maximum absolute atomic E-state index is 13.0. The molecule has 2 aromatic rings. The van der Waals surface area contributed by atoms with Crippen LogP contribution in [-0.4, -0.2) is 72.1 Å².